The van der Waals surface area contributed by atoms with Gasteiger partial charge in [0.25, 0.3) is 11.8 Å². The van der Waals surface area contributed by atoms with Crippen LogP contribution in [0.1, 0.15) is 70.0 Å². The van der Waals surface area contributed by atoms with Gasteiger partial charge in [-0.3, -0.25) is 9.59 Å². The number of alkyl halides is 3. The molecule has 4 rings (SSSR count). The summed E-state index contributed by atoms with van der Waals surface area (Å²) in [6, 6.07) is 6.33. The Morgan fingerprint density at radius 1 is 1.07 bits per heavy atom. The Hall–Kier alpha value is -2.90. The molecule has 1 saturated carbocycles. The zero-order valence-electron chi connectivity index (χ0n) is 16.0. The number of hydrogen-bond donors (Lipinski definition) is 2. The zero-order valence-corrected chi connectivity index (χ0v) is 16.0. The molecule has 1 heterocycles. The fraction of sp³-hybridized carbons (Fsp3) is 0.364. The predicted octanol–water partition coefficient (Wildman–Crippen LogP) is 5.46. The van der Waals surface area contributed by atoms with Gasteiger partial charge in [-0.1, -0.05) is 25.3 Å². The fourth-order valence-electron chi connectivity index (χ4n) is 4.40. The minimum atomic E-state index is -4.77. The first-order chi connectivity index (χ1) is 14.2. The summed E-state index contributed by atoms with van der Waals surface area (Å²) in [6.45, 7) is 0. The average Bonchev–Trinajstić information content (AvgIpc) is 3.05. The van der Waals surface area contributed by atoms with Crippen LogP contribution in [-0.2, 0) is 6.18 Å². The van der Waals surface area contributed by atoms with Crippen LogP contribution in [0.3, 0.4) is 0 Å². The van der Waals surface area contributed by atoms with Crippen molar-refractivity contribution in [2.45, 2.75) is 44.3 Å². The van der Waals surface area contributed by atoms with E-state index < -0.39 is 29.0 Å². The molecule has 2 aromatic rings. The van der Waals surface area contributed by atoms with Crippen molar-refractivity contribution in [3.63, 3.8) is 0 Å². The Kier molecular flexibility index (Phi) is 5.26. The molecular weight excluding hydrogens is 400 g/mol. The second-order valence-corrected chi connectivity index (χ2v) is 7.80. The molecule has 1 aliphatic heterocycles. The number of carbonyl (C=O) groups excluding carboxylic acids is 2. The van der Waals surface area contributed by atoms with E-state index in [0.29, 0.717) is 28.9 Å². The molecule has 0 spiro atoms. The average molecular weight is 420 g/mol. The zero-order chi connectivity index (χ0) is 21.5. The first kappa shape index (κ1) is 20.4. The number of carbonyl (C=O) groups is 2. The highest BCUT2D eigenvalue weighted by atomic mass is 19.4. The van der Waals surface area contributed by atoms with Crippen LogP contribution in [0.5, 0.6) is 0 Å². The number of nitrogens with one attached hydrogen (secondary N) is 2. The maximum atomic E-state index is 13.7. The molecule has 1 aliphatic carbocycles. The Bertz CT molecular complexity index is 997. The maximum absolute atomic E-state index is 13.7. The number of amides is 2. The van der Waals surface area contributed by atoms with Crippen molar-refractivity contribution in [3.05, 3.63) is 64.5 Å². The van der Waals surface area contributed by atoms with Gasteiger partial charge in [0.15, 0.2) is 0 Å². The van der Waals surface area contributed by atoms with Gasteiger partial charge in [-0.2, -0.15) is 13.2 Å². The summed E-state index contributed by atoms with van der Waals surface area (Å²) in [6.07, 6.45) is 0.392. The molecular formula is C22H20F4N2O2. The van der Waals surface area contributed by atoms with Gasteiger partial charge in [0.05, 0.1) is 11.6 Å². The van der Waals surface area contributed by atoms with Crippen LogP contribution in [0.15, 0.2) is 36.4 Å². The van der Waals surface area contributed by atoms with Crippen LogP contribution < -0.4 is 10.6 Å². The minimum absolute atomic E-state index is 0.230. The number of halogens is 4. The van der Waals surface area contributed by atoms with Crippen LogP contribution in [-0.4, -0.2) is 11.8 Å². The third-order valence-corrected chi connectivity index (χ3v) is 5.81. The lowest BCUT2D eigenvalue weighted by molar-refractivity contribution is -0.137. The summed E-state index contributed by atoms with van der Waals surface area (Å²) in [5.41, 5.74) is -0.229. The first-order valence-corrected chi connectivity index (χ1v) is 9.87. The molecule has 2 N–H and O–H groups in total. The Morgan fingerprint density at radius 3 is 2.50 bits per heavy atom. The summed E-state index contributed by atoms with van der Waals surface area (Å²) in [5, 5.41) is 5.57. The lowest BCUT2D eigenvalue weighted by Crippen LogP contribution is -2.27. The smallest absolute Gasteiger partial charge is 0.345 e. The lowest BCUT2D eigenvalue weighted by atomic mass is 9.81. The topological polar surface area (TPSA) is 58.2 Å². The van der Waals surface area contributed by atoms with E-state index in [1.165, 1.54) is 0 Å². The number of rotatable bonds is 3. The highest BCUT2D eigenvalue weighted by Gasteiger charge is 2.37. The quantitative estimate of drug-likeness (QED) is 0.648. The molecule has 1 fully saturated rings. The Balaban J connectivity index is 1.66. The van der Waals surface area contributed by atoms with Crippen molar-refractivity contribution in [2.75, 3.05) is 5.32 Å². The van der Waals surface area contributed by atoms with Crippen LogP contribution in [0.25, 0.3) is 0 Å². The highest BCUT2D eigenvalue weighted by Crippen LogP contribution is 2.42. The SMILES string of the molecule is O=C(Nc1cccc2c1C(C1CCCCC1)NC2=O)c1cc(F)cc(C(F)(F)F)c1. The second kappa shape index (κ2) is 7.74. The molecule has 158 valence electrons. The fourth-order valence-corrected chi connectivity index (χ4v) is 4.40. The number of benzene rings is 2. The minimum Gasteiger partial charge on any atom is -0.345 e. The largest absolute Gasteiger partial charge is 0.416 e. The van der Waals surface area contributed by atoms with Gasteiger partial charge < -0.3 is 10.6 Å². The van der Waals surface area contributed by atoms with E-state index in [1.807, 2.05) is 0 Å². The number of hydrogen-bond acceptors (Lipinski definition) is 2. The van der Waals surface area contributed by atoms with Crippen molar-refractivity contribution in [1.82, 2.24) is 5.32 Å². The monoisotopic (exact) mass is 420 g/mol. The Morgan fingerprint density at radius 2 is 1.80 bits per heavy atom. The van der Waals surface area contributed by atoms with Crippen molar-refractivity contribution in [2.24, 2.45) is 5.92 Å². The van der Waals surface area contributed by atoms with Crippen LogP contribution in [0.4, 0.5) is 23.2 Å². The van der Waals surface area contributed by atoms with Crippen molar-refractivity contribution < 1.29 is 27.2 Å². The van der Waals surface area contributed by atoms with Gasteiger partial charge in [0.2, 0.25) is 0 Å². The number of anilines is 1. The molecule has 2 amide bonds. The standard InChI is InChI=1S/C22H20F4N2O2/c23-15-10-13(9-14(11-15)22(24,25)26)20(29)27-17-8-4-7-16-18(17)19(28-21(16)30)12-5-2-1-3-6-12/h4,7-12,19H,1-3,5-6H2,(H,27,29)(H,28,30). The molecule has 0 aromatic heterocycles. The van der Waals surface area contributed by atoms with Crippen LogP contribution >= 0.6 is 0 Å². The molecule has 8 heteroatoms. The van der Waals surface area contributed by atoms with Gasteiger partial charge in [-0.25, -0.2) is 4.39 Å². The molecule has 1 unspecified atom stereocenters. The van der Waals surface area contributed by atoms with Crippen molar-refractivity contribution >= 4 is 17.5 Å². The lowest BCUT2D eigenvalue weighted by Gasteiger charge is -2.29. The van der Waals surface area contributed by atoms with Gasteiger partial charge in [-0.05, 0) is 49.1 Å². The van der Waals surface area contributed by atoms with Gasteiger partial charge in [0, 0.05) is 22.4 Å². The van der Waals surface area contributed by atoms with Gasteiger partial charge in [-0.15, -0.1) is 0 Å². The predicted molar refractivity (Wildman–Crippen MR) is 103 cm³/mol. The van der Waals surface area contributed by atoms with Crippen molar-refractivity contribution in [1.29, 1.82) is 0 Å². The van der Waals surface area contributed by atoms with Crippen LogP contribution in [0, 0.1) is 11.7 Å². The van der Waals surface area contributed by atoms with E-state index in [4.69, 9.17) is 0 Å². The molecule has 2 aliphatic rings. The van der Waals surface area contributed by atoms with E-state index in [9.17, 15) is 27.2 Å². The highest BCUT2D eigenvalue weighted by molar-refractivity contribution is 6.07. The molecule has 30 heavy (non-hydrogen) atoms. The summed E-state index contributed by atoms with van der Waals surface area (Å²) in [4.78, 5) is 25.1. The summed E-state index contributed by atoms with van der Waals surface area (Å²) in [7, 11) is 0. The third kappa shape index (κ3) is 3.91. The summed E-state index contributed by atoms with van der Waals surface area (Å²) < 4.78 is 52.6. The Labute approximate surface area is 170 Å². The van der Waals surface area contributed by atoms with E-state index >= 15 is 0 Å². The maximum Gasteiger partial charge on any atom is 0.416 e. The normalized spacial score (nSPS) is 19.3. The molecule has 4 nitrogen and oxygen atoms in total. The third-order valence-electron chi connectivity index (χ3n) is 5.81. The number of fused-ring (bicyclic) bond motifs is 1. The van der Waals surface area contributed by atoms with Gasteiger partial charge in [0.1, 0.15) is 5.82 Å². The second-order valence-electron chi connectivity index (χ2n) is 7.80. The van der Waals surface area contributed by atoms with E-state index in [1.54, 1.807) is 18.2 Å². The van der Waals surface area contributed by atoms with E-state index in [-0.39, 0.29) is 17.9 Å². The van der Waals surface area contributed by atoms with Crippen molar-refractivity contribution in [3.8, 4) is 0 Å². The molecule has 0 radical (unpaired) electrons. The molecule has 2 aromatic carbocycles. The van der Waals surface area contributed by atoms with E-state index in [0.717, 1.165) is 38.2 Å². The first-order valence-electron chi connectivity index (χ1n) is 9.87. The van der Waals surface area contributed by atoms with E-state index in [2.05, 4.69) is 10.6 Å². The van der Waals surface area contributed by atoms with Crippen LogP contribution in [0.2, 0.25) is 0 Å². The van der Waals surface area contributed by atoms with Gasteiger partial charge >= 0.3 is 6.18 Å². The molecule has 0 saturated heterocycles. The summed E-state index contributed by atoms with van der Waals surface area (Å²) >= 11 is 0. The summed E-state index contributed by atoms with van der Waals surface area (Å²) in [5.74, 6) is -2.02. The molecule has 0 bridgehead atoms. The molecule has 1 atom stereocenters.